The molecule has 1 saturated heterocycles. The van der Waals surface area contributed by atoms with E-state index >= 15 is 0 Å². The Balaban J connectivity index is 2.23. The summed E-state index contributed by atoms with van der Waals surface area (Å²) in [5.74, 6) is 2.20. The van der Waals surface area contributed by atoms with Gasteiger partial charge < -0.3 is 19.1 Å². The minimum Gasteiger partial charge on any atom is -0.497 e. The van der Waals surface area contributed by atoms with Crippen LogP contribution in [-0.4, -0.2) is 51.0 Å². The Labute approximate surface area is 129 Å². The van der Waals surface area contributed by atoms with Crippen LogP contribution in [0.1, 0.15) is 17.4 Å². The van der Waals surface area contributed by atoms with Gasteiger partial charge in [-0.1, -0.05) is 0 Å². The number of amides is 1. The molecule has 0 N–H and O–H groups in total. The Morgan fingerprint density at radius 1 is 1.29 bits per heavy atom. The number of rotatable bonds is 7. The molecule has 1 unspecified atom stereocenters. The first-order valence-corrected chi connectivity index (χ1v) is 7.88. The normalized spacial score (nSPS) is 18.1. The summed E-state index contributed by atoms with van der Waals surface area (Å²) in [6.07, 6.45) is 0.825. The minimum atomic E-state index is -0.0283. The van der Waals surface area contributed by atoms with Gasteiger partial charge >= 0.3 is 0 Å². The number of hydrogen-bond acceptors (Lipinski definition) is 5. The van der Waals surface area contributed by atoms with Crippen LogP contribution in [0, 0.1) is 0 Å². The number of thioether (sulfide) groups is 1. The molecule has 1 aromatic carbocycles. The number of carbonyl (C=O) groups excluding carboxylic acids is 1. The molecule has 1 aliphatic rings. The van der Waals surface area contributed by atoms with Gasteiger partial charge in [0.2, 0.25) is 5.91 Å². The Kier molecular flexibility index (Phi) is 5.76. The molecule has 1 atom stereocenters. The van der Waals surface area contributed by atoms with Crippen molar-refractivity contribution in [3.63, 3.8) is 0 Å². The third-order valence-electron chi connectivity index (χ3n) is 3.42. The summed E-state index contributed by atoms with van der Waals surface area (Å²) in [7, 11) is 4.94. The van der Waals surface area contributed by atoms with Gasteiger partial charge in [-0.25, -0.2) is 0 Å². The summed E-state index contributed by atoms with van der Waals surface area (Å²) in [5.41, 5.74) is 0.977. The highest BCUT2D eigenvalue weighted by molar-refractivity contribution is 8.00. The zero-order chi connectivity index (χ0) is 15.2. The van der Waals surface area contributed by atoms with Crippen molar-refractivity contribution in [2.75, 3.05) is 40.2 Å². The first kappa shape index (κ1) is 16.0. The molecule has 2 rings (SSSR count). The predicted molar refractivity (Wildman–Crippen MR) is 83.0 cm³/mol. The molecule has 1 aromatic rings. The second-order valence-corrected chi connectivity index (χ2v) is 5.77. The standard InChI is InChI=1S/C15H21NO4S/c1-18-8-4-7-16-14(17)10-21-15(16)12-9-11(19-2)5-6-13(12)20-3/h5-6,9,15H,4,7-8,10H2,1-3H3. The van der Waals surface area contributed by atoms with Gasteiger partial charge in [0.05, 0.1) is 20.0 Å². The molecule has 5 nitrogen and oxygen atoms in total. The average Bonchev–Trinajstić information content (AvgIpc) is 2.88. The van der Waals surface area contributed by atoms with Crippen LogP contribution >= 0.6 is 11.8 Å². The first-order valence-electron chi connectivity index (χ1n) is 6.83. The summed E-state index contributed by atoms with van der Waals surface area (Å²) >= 11 is 1.62. The Hall–Kier alpha value is -1.40. The van der Waals surface area contributed by atoms with Gasteiger partial charge in [0.1, 0.15) is 16.9 Å². The van der Waals surface area contributed by atoms with Gasteiger partial charge in [-0.2, -0.15) is 0 Å². The van der Waals surface area contributed by atoms with Crippen molar-refractivity contribution >= 4 is 17.7 Å². The van der Waals surface area contributed by atoms with Gasteiger partial charge in [-0.15, -0.1) is 11.8 Å². The maximum Gasteiger partial charge on any atom is 0.233 e. The molecule has 1 aliphatic heterocycles. The summed E-state index contributed by atoms with van der Waals surface area (Å²) in [5, 5.41) is -0.0283. The molecular weight excluding hydrogens is 290 g/mol. The quantitative estimate of drug-likeness (QED) is 0.723. The molecule has 1 heterocycles. The summed E-state index contributed by atoms with van der Waals surface area (Å²) in [6.45, 7) is 1.33. The lowest BCUT2D eigenvalue weighted by Crippen LogP contribution is -2.30. The second-order valence-electron chi connectivity index (χ2n) is 4.70. The number of hydrogen-bond donors (Lipinski definition) is 0. The van der Waals surface area contributed by atoms with Crippen molar-refractivity contribution in [3.05, 3.63) is 23.8 Å². The van der Waals surface area contributed by atoms with E-state index in [0.29, 0.717) is 18.9 Å². The lowest BCUT2D eigenvalue weighted by atomic mass is 10.1. The van der Waals surface area contributed by atoms with Crippen LogP contribution in [0.4, 0.5) is 0 Å². The topological polar surface area (TPSA) is 48.0 Å². The van der Waals surface area contributed by atoms with Gasteiger partial charge in [0, 0.05) is 25.8 Å². The number of nitrogens with zero attached hydrogens (tertiary/aromatic N) is 1. The van der Waals surface area contributed by atoms with Crippen LogP contribution in [0.25, 0.3) is 0 Å². The van der Waals surface area contributed by atoms with Gasteiger partial charge in [-0.05, 0) is 24.6 Å². The molecule has 0 aromatic heterocycles. The highest BCUT2D eigenvalue weighted by Crippen LogP contribution is 2.43. The van der Waals surface area contributed by atoms with E-state index in [1.165, 1.54) is 0 Å². The molecule has 0 bridgehead atoms. The molecule has 0 spiro atoms. The van der Waals surface area contributed by atoms with E-state index in [9.17, 15) is 4.79 Å². The summed E-state index contributed by atoms with van der Waals surface area (Å²) in [4.78, 5) is 14.0. The highest BCUT2D eigenvalue weighted by atomic mass is 32.2. The smallest absolute Gasteiger partial charge is 0.233 e. The third-order valence-corrected chi connectivity index (χ3v) is 4.66. The van der Waals surface area contributed by atoms with Crippen LogP contribution in [0.2, 0.25) is 0 Å². The van der Waals surface area contributed by atoms with Crippen molar-refractivity contribution in [2.24, 2.45) is 0 Å². The number of benzene rings is 1. The zero-order valence-electron chi connectivity index (χ0n) is 12.6. The Bertz CT molecular complexity index is 495. The van der Waals surface area contributed by atoms with E-state index in [1.54, 1.807) is 33.1 Å². The van der Waals surface area contributed by atoms with Gasteiger partial charge in [0.25, 0.3) is 0 Å². The zero-order valence-corrected chi connectivity index (χ0v) is 13.4. The Morgan fingerprint density at radius 3 is 2.76 bits per heavy atom. The molecule has 0 radical (unpaired) electrons. The average molecular weight is 311 g/mol. The molecule has 0 saturated carbocycles. The number of methoxy groups -OCH3 is 3. The van der Waals surface area contributed by atoms with Gasteiger partial charge in [0.15, 0.2) is 0 Å². The molecule has 21 heavy (non-hydrogen) atoms. The van der Waals surface area contributed by atoms with Crippen molar-refractivity contribution in [1.29, 1.82) is 0 Å². The third kappa shape index (κ3) is 3.63. The lowest BCUT2D eigenvalue weighted by Gasteiger charge is -2.25. The second kappa shape index (κ2) is 7.56. The minimum absolute atomic E-state index is 0.0283. The van der Waals surface area contributed by atoms with E-state index in [0.717, 1.165) is 23.5 Å². The monoisotopic (exact) mass is 311 g/mol. The van der Waals surface area contributed by atoms with Crippen molar-refractivity contribution in [3.8, 4) is 11.5 Å². The van der Waals surface area contributed by atoms with Gasteiger partial charge in [-0.3, -0.25) is 4.79 Å². The summed E-state index contributed by atoms with van der Waals surface area (Å²) in [6, 6.07) is 5.68. The van der Waals surface area contributed by atoms with Crippen LogP contribution in [0.3, 0.4) is 0 Å². The predicted octanol–water partition coefficient (Wildman–Crippen LogP) is 2.31. The van der Waals surface area contributed by atoms with E-state index < -0.39 is 0 Å². The fraction of sp³-hybridized carbons (Fsp3) is 0.533. The molecular formula is C15H21NO4S. The fourth-order valence-electron chi connectivity index (χ4n) is 2.37. The molecule has 1 fully saturated rings. The number of ether oxygens (including phenoxy) is 3. The maximum absolute atomic E-state index is 12.1. The molecule has 116 valence electrons. The largest absolute Gasteiger partial charge is 0.497 e. The molecule has 6 heteroatoms. The molecule has 0 aliphatic carbocycles. The summed E-state index contributed by atoms with van der Waals surface area (Å²) < 4.78 is 15.8. The van der Waals surface area contributed by atoms with E-state index in [-0.39, 0.29) is 11.3 Å². The Morgan fingerprint density at radius 2 is 2.10 bits per heavy atom. The lowest BCUT2D eigenvalue weighted by molar-refractivity contribution is -0.128. The first-order chi connectivity index (χ1) is 10.2. The maximum atomic E-state index is 12.1. The SMILES string of the molecule is COCCCN1C(=O)CSC1c1cc(OC)ccc1OC. The number of carbonyl (C=O) groups is 1. The van der Waals surface area contributed by atoms with E-state index in [4.69, 9.17) is 14.2 Å². The van der Waals surface area contributed by atoms with Crippen LogP contribution in [0.15, 0.2) is 18.2 Å². The van der Waals surface area contributed by atoms with E-state index in [2.05, 4.69) is 0 Å². The molecule has 1 amide bonds. The van der Waals surface area contributed by atoms with Crippen LogP contribution in [-0.2, 0) is 9.53 Å². The fourth-order valence-corrected chi connectivity index (χ4v) is 3.60. The van der Waals surface area contributed by atoms with Crippen molar-refractivity contribution in [2.45, 2.75) is 11.8 Å². The van der Waals surface area contributed by atoms with Crippen LogP contribution in [0.5, 0.6) is 11.5 Å². The van der Waals surface area contributed by atoms with Crippen molar-refractivity contribution in [1.82, 2.24) is 4.90 Å². The van der Waals surface area contributed by atoms with Crippen molar-refractivity contribution < 1.29 is 19.0 Å². The highest BCUT2D eigenvalue weighted by Gasteiger charge is 2.34. The van der Waals surface area contributed by atoms with Crippen LogP contribution < -0.4 is 9.47 Å². The van der Waals surface area contributed by atoms with E-state index in [1.807, 2.05) is 23.1 Å².